The molecule has 1 aromatic heterocycles. The summed E-state index contributed by atoms with van der Waals surface area (Å²) < 4.78 is 6.02. The van der Waals surface area contributed by atoms with E-state index in [-0.39, 0.29) is 5.76 Å². The summed E-state index contributed by atoms with van der Waals surface area (Å²) in [6, 6.07) is 1.52. The summed E-state index contributed by atoms with van der Waals surface area (Å²) in [6.07, 6.45) is 3.41. The molecule has 1 N–H and O–H groups in total. The van der Waals surface area contributed by atoms with Crippen molar-refractivity contribution in [1.82, 2.24) is 0 Å². The molecule has 2 rings (SSSR count). The van der Waals surface area contributed by atoms with Crippen LogP contribution in [0, 0.1) is 0 Å². The first-order valence-corrected chi connectivity index (χ1v) is 5.00. The number of aromatic carboxylic acids is 1. The summed E-state index contributed by atoms with van der Waals surface area (Å²) in [6.45, 7) is 0. The highest BCUT2D eigenvalue weighted by Gasteiger charge is 2.26. The van der Waals surface area contributed by atoms with Crippen LogP contribution in [0.15, 0.2) is 15.0 Å². The lowest BCUT2D eigenvalue weighted by Gasteiger charge is -2.23. The van der Waals surface area contributed by atoms with Gasteiger partial charge in [0.15, 0.2) is 0 Å². The van der Waals surface area contributed by atoms with Crippen molar-refractivity contribution in [2.45, 2.75) is 25.2 Å². The Morgan fingerprint density at radius 1 is 1.62 bits per heavy atom. The molecule has 0 unspecified atom stereocenters. The standard InChI is InChI=1S/C9H9BrO3/c10-6-4-7(9(11)12)13-8(6)5-2-1-3-5/h4-5H,1-3H2,(H,11,12). The molecule has 1 heterocycles. The quantitative estimate of drug-likeness (QED) is 0.871. The minimum absolute atomic E-state index is 0.0220. The van der Waals surface area contributed by atoms with Crippen LogP contribution in [0.5, 0.6) is 0 Å². The fourth-order valence-corrected chi connectivity index (χ4v) is 2.05. The van der Waals surface area contributed by atoms with Crippen molar-refractivity contribution in [3.8, 4) is 0 Å². The Bertz CT molecular complexity index is 339. The van der Waals surface area contributed by atoms with Gasteiger partial charge in [-0.1, -0.05) is 6.42 Å². The van der Waals surface area contributed by atoms with Gasteiger partial charge in [0.1, 0.15) is 5.76 Å². The van der Waals surface area contributed by atoms with Crippen LogP contribution >= 0.6 is 15.9 Å². The van der Waals surface area contributed by atoms with Crippen LogP contribution in [-0.2, 0) is 0 Å². The van der Waals surface area contributed by atoms with Crippen LogP contribution in [0.4, 0.5) is 0 Å². The molecule has 3 nitrogen and oxygen atoms in total. The van der Waals surface area contributed by atoms with Gasteiger partial charge in [0.2, 0.25) is 5.76 Å². The van der Waals surface area contributed by atoms with Gasteiger partial charge >= 0.3 is 5.97 Å². The molecule has 0 bridgehead atoms. The van der Waals surface area contributed by atoms with Gasteiger partial charge in [0.05, 0.1) is 4.47 Å². The van der Waals surface area contributed by atoms with Crippen molar-refractivity contribution >= 4 is 21.9 Å². The molecule has 1 saturated carbocycles. The molecule has 0 atom stereocenters. The Hall–Kier alpha value is -0.770. The zero-order chi connectivity index (χ0) is 9.42. The van der Waals surface area contributed by atoms with Crippen molar-refractivity contribution in [2.24, 2.45) is 0 Å². The molecule has 0 aliphatic heterocycles. The maximum Gasteiger partial charge on any atom is 0.371 e. The Morgan fingerprint density at radius 2 is 2.31 bits per heavy atom. The van der Waals surface area contributed by atoms with Gasteiger partial charge in [0, 0.05) is 12.0 Å². The Morgan fingerprint density at radius 3 is 2.69 bits per heavy atom. The molecule has 0 aromatic carbocycles. The Kier molecular flexibility index (Phi) is 2.15. The monoisotopic (exact) mass is 244 g/mol. The molecule has 1 aliphatic rings. The first-order chi connectivity index (χ1) is 6.18. The number of halogens is 1. The van der Waals surface area contributed by atoms with Crippen molar-refractivity contribution < 1.29 is 14.3 Å². The van der Waals surface area contributed by atoms with Crippen LogP contribution in [0.1, 0.15) is 41.5 Å². The summed E-state index contributed by atoms with van der Waals surface area (Å²) in [4.78, 5) is 10.6. The Labute approximate surface area is 83.9 Å². The van der Waals surface area contributed by atoms with Gasteiger partial charge in [-0.25, -0.2) is 4.79 Å². The van der Waals surface area contributed by atoms with E-state index < -0.39 is 5.97 Å². The van der Waals surface area contributed by atoms with E-state index in [9.17, 15) is 4.79 Å². The highest BCUT2D eigenvalue weighted by molar-refractivity contribution is 9.10. The number of hydrogen-bond donors (Lipinski definition) is 1. The summed E-state index contributed by atoms with van der Waals surface area (Å²) >= 11 is 3.30. The zero-order valence-electron chi connectivity index (χ0n) is 6.92. The summed E-state index contributed by atoms with van der Waals surface area (Å²) in [5.41, 5.74) is 0. The molecule has 13 heavy (non-hydrogen) atoms. The van der Waals surface area contributed by atoms with Crippen LogP contribution in [0.3, 0.4) is 0 Å². The third-order valence-corrected chi connectivity index (χ3v) is 3.02. The van der Waals surface area contributed by atoms with Gasteiger partial charge in [-0.2, -0.15) is 0 Å². The third-order valence-electron chi connectivity index (χ3n) is 2.40. The maximum absolute atomic E-state index is 10.6. The molecule has 1 fully saturated rings. The van der Waals surface area contributed by atoms with E-state index in [0.717, 1.165) is 23.1 Å². The number of hydrogen-bond acceptors (Lipinski definition) is 2. The number of carboxylic acids is 1. The molecule has 1 aliphatic carbocycles. The predicted octanol–water partition coefficient (Wildman–Crippen LogP) is 3.01. The van der Waals surface area contributed by atoms with Gasteiger partial charge in [0.25, 0.3) is 0 Å². The minimum Gasteiger partial charge on any atom is -0.475 e. The van der Waals surface area contributed by atoms with Crippen LogP contribution in [-0.4, -0.2) is 11.1 Å². The Balaban J connectivity index is 2.29. The van der Waals surface area contributed by atoms with E-state index in [1.165, 1.54) is 12.5 Å². The second-order valence-electron chi connectivity index (χ2n) is 3.26. The summed E-state index contributed by atoms with van der Waals surface area (Å²) in [5, 5.41) is 8.68. The summed E-state index contributed by atoms with van der Waals surface area (Å²) in [7, 11) is 0. The average Bonchev–Trinajstić information content (AvgIpc) is 2.29. The topological polar surface area (TPSA) is 50.4 Å². The number of carboxylic acid groups (broad SMARTS) is 1. The van der Waals surface area contributed by atoms with Gasteiger partial charge < -0.3 is 9.52 Å². The highest BCUT2D eigenvalue weighted by atomic mass is 79.9. The van der Waals surface area contributed by atoms with Crippen molar-refractivity contribution in [1.29, 1.82) is 0 Å². The van der Waals surface area contributed by atoms with Crippen molar-refractivity contribution in [3.05, 3.63) is 22.1 Å². The molecule has 1 aromatic rings. The molecular formula is C9H9BrO3. The van der Waals surface area contributed by atoms with Gasteiger partial charge in [-0.15, -0.1) is 0 Å². The average molecular weight is 245 g/mol. The number of rotatable bonds is 2. The van der Waals surface area contributed by atoms with Crippen molar-refractivity contribution in [2.75, 3.05) is 0 Å². The SMILES string of the molecule is O=C(O)c1cc(Br)c(C2CCC2)o1. The minimum atomic E-state index is -1.01. The second kappa shape index (κ2) is 3.18. The van der Waals surface area contributed by atoms with E-state index in [2.05, 4.69) is 15.9 Å². The van der Waals surface area contributed by atoms with Gasteiger partial charge in [-0.3, -0.25) is 0 Å². The van der Waals surface area contributed by atoms with E-state index in [1.54, 1.807) is 0 Å². The molecule has 0 radical (unpaired) electrons. The normalized spacial score (nSPS) is 17.0. The van der Waals surface area contributed by atoms with E-state index >= 15 is 0 Å². The van der Waals surface area contributed by atoms with E-state index in [1.807, 2.05) is 0 Å². The molecule has 0 saturated heterocycles. The van der Waals surface area contributed by atoms with E-state index in [4.69, 9.17) is 9.52 Å². The van der Waals surface area contributed by atoms with Crippen molar-refractivity contribution in [3.63, 3.8) is 0 Å². The number of furan rings is 1. The molecule has 70 valence electrons. The van der Waals surface area contributed by atoms with Crippen LogP contribution < -0.4 is 0 Å². The largest absolute Gasteiger partial charge is 0.475 e. The molecule has 0 spiro atoms. The lowest BCUT2D eigenvalue weighted by atomic mass is 9.84. The lowest BCUT2D eigenvalue weighted by molar-refractivity contribution is 0.0658. The zero-order valence-corrected chi connectivity index (χ0v) is 8.50. The smallest absolute Gasteiger partial charge is 0.371 e. The third kappa shape index (κ3) is 1.50. The van der Waals surface area contributed by atoms with E-state index in [0.29, 0.717) is 5.92 Å². The predicted molar refractivity (Wildman–Crippen MR) is 50.0 cm³/mol. The van der Waals surface area contributed by atoms with Crippen LogP contribution in [0.2, 0.25) is 0 Å². The lowest BCUT2D eigenvalue weighted by Crippen LogP contribution is -2.08. The maximum atomic E-state index is 10.6. The fraction of sp³-hybridized carbons (Fsp3) is 0.444. The molecule has 4 heteroatoms. The fourth-order valence-electron chi connectivity index (χ4n) is 1.44. The van der Waals surface area contributed by atoms with Crippen LogP contribution in [0.25, 0.3) is 0 Å². The first kappa shape index (κ1) is 8.81. The van der Waals surface area contributed by atoms with Gasteiger partial charge in [-0.05, 0) is 28.8 Å². The summed E-state index contributed by atoms with van der Waals surface area (Å²) in [5.74, 6) is 0.228. The molecular weight excluding hydrogens is 236 g/mol. The highest BCUT2D eigenvalue weighted by Crippen LogP contribution is 2.41. The first-order valence-electron chi connectivity index (χ1n) is 4.21. The number of carbonyl (C=O) groups is 1. The second-order valence-corrected chi connectivity index (χ2v) is 4.11. The molecule has 0 amide bonds.